The Bertz CT molecular complexity index is 494. The first-order valence-electron chi connectivity index (χ1n) is 4.56. The molecule has 1 aromatic heterocycles. The lowest BCUT2D eigenvalue weighted by Crippen LogP contribution is -1.89. The Hall–Kier alpha value is -0.770. The number of rotatable bonds is 1. The summed E-state index contributed by atoms with van der Waals surface area (Å²) in [5.41, 5.74) is 3.95. The number of nitrogens with zero attached hydrogens (tertiary/aromatic N) is 1. The molecular formula is C12H12IN. The maximum atomic E-state index is 2.26. The zero-order valence-electron chi connectivity index (χ0n) is 8.29. The third kappa shape index (κ3) is 1.38. The predicted octanol–water partition coefficient (Wildman–Crippen LogP) is 3.89. The van der Waals surface area contributed by atoms with Crippen molar-refractivity contribution in [3.63, 3.8) is 0 Å². The summed E-state index contributed by atoms with van der Waals surface area (Å²) in [6.07, 6.45) is 2.16. The Morgan fingerprint density at radius 3 is 2.71 bits per heavy atom. The van der Waals surface area contributed by atoms with Gasteiger partial charge in [0.25, 0.3) is 0 Å². The summed E-state index contributed by atoms with van der Waals surface area (Å²) in [7, 11) is 2.11. The first-order valence-corrected chi connectivity index (χ1v) is 5.81. The number of para-hydroxylation sites is 1. The number of halogens is 1. The van der Waals surface area contributed by atoms with Crippen molar-refractivity contribution in [2.24, 2.45) is 7.05 Å². The first-order chi connectivity index (χ1) is 6.75. The zero-order valence-corrected chi connectivity index (χ0v) is 10.4. The Balaban J connectivity index is 2.87. The highest BCUT2D eigenvalue weighted by Gasteiger charge is 2.07. The van der Waals surface area contributed by atoms with E-state index in [1.54, 1.807) is 0 Å². The maximum Gasteiger partial charge on any atom is 0.0486 e. The van der Waals surface area contributed by atoms with Gasteiger partial charge < -0.3 is 4.57 Å². The number of fused-ring (bicyclic) bond motifs is 1. The molecule has 0 unspecified atom stereocenters. The molecule has 0 atom stereocenters. The molecule has 0 aliphatic carbocycles. The SMILES string of the molecule is Cc1c(/C=C\I)c2ccccc2n1C. The highest BCUT2D eigenvalue weighted by Crippen LogP contribution is 2.25. The molecule has 0 amide bonds. The number of hydrogen-bond acceptors (Lipinski definition) is 0. The van der Waals surface area contributed by atoms with E-state index in [2.05, 4.69) is 75.6 Å². The highest BCUT2D eigenvalue weighted by molar-refractivity contribution is 14.1. The molecule has 0 bridgehead atoms. The Morgan fingerprint density at radius 1 is 1.29 bits per heavy atom. The summed E-state index contributed by atoms with van der Waals surface area (Å²) >= 11 is 2.26. The molecule has 2 rings (SSSR count). The molecule has 0 N–H and O–H groups in total. The molecule has 72 valence electrons. The Morgan fingerprint density at radius 2 is 2.00 bits per heavy atom. The molecular weight excluding hydrogens is 285 g/mol. The van der Waals surface area contributed by atoms with Gasteiger partial charge in [0.05, 0.1) is 0 Å². The van der Waals surface area contributed by atoms with Crippen molar-refractivity contribution in [2.75, 3.05) is 0 Å². The quantitative estimate of drug-likeness (QED) is 0.704. The van der Waals surface area contributed by atoms with E-state index in [0.29, 0.717) is 0 Å². The van der Waals surface area contributed by atoms with Crippen LogP contribution in [0.3, 0.4) is 0 Å². The van der Waals surface area contributed by atoms with E-state index in [1.807, 2.05) is 0 Å². The van der Waals surface area contributed by atoms with Gasteiger partial charge in [-0.3, -0.25) is 0 Å². The van der Waals surface area contributed by atoms with Crippen LogP contribution < -0.4 is 0 Å². The van der Waals surface area contributed by atoms with Gasteiger partial charge in [-0.05, 0) is 23.1 Å². The molecule has 14 heavy (non-hydrogen) atoms. The van der Waals surface area contributed by atoms with Gasteiger partial charge in [0.2, 0.25) is 0 Å². The maximum absolute atomic E-state index is 2.26. The normalized spacial score (nSPS) is 11.6. The van der Waals surface area contributed by atoms with Crippen LogP contribution in [0, 0.1) is 6.92 Å². The van der Waals surface area contributed by atoms with Crippen molar-refractivity contribution in [3.8, 4) is 0 Å². The second-order valence-corrected chi connectivity index (χ2v) is 4.09. The van der Waals surface area contributed by atoms with Crippen molar-refractivity contribution >= 4 is 39.6 Å². The standard InChI is InChI=1S/C12H12IN/c1-9-10(7-8-13)11-5-3-4-6-12(11)14(9)2/h3-8H,1-2H3/b8-7-. The first kappa shape index (κ1) is 9.77. The van der Waals surface area contributed by atoms with Crippen molar-refractivity contribution < 1.29 is 0 Å². The molecule has 2 heteroatoms. The van der Waals surface area contributed by atoms with E-state index < -0.39 is 0 Å². The monoisotopic (exact) mass is 297 g/mol. The van der Waals surface area contributed by atoms with Gasteiger partial charge in [-0.2, -0.15) is 0 Å². The number of hydrogen-bond donors (Lipinski definition) is 0. The van der Waals surface area contributed by atoms with E-state index in [4.69, 9.17) is 0 Å². The lowest BCUT2D eigenvalue weighted by Gasteiger charge is -1.97. The topological polar surface area (TPSA) is 4.93 Å². The predicted molar refractivity (Wildman–Crippen MR) is 70.7 cm³/mol. The fraction of sp³-hybridized carbons (Fsp3) is 0.167. The summed E-state index contributed by atoms with van der Waals surface area (Å²) in [6.45, 7) is 2.16. The van der Waals surface area contributed by atoms with E-state index in [-0.39, 0.29) is 0 Å². The highest BCUT2D eigenvalue weighted by atomic mass is 127. The number of aromatic nitrogens is 1. The van der Waals surface area contributed by atoms with Crippen LogP contribution in [0.5, 0.6) is 0 Å². The Labute approximate surface area is 97.6 Å². The molecule has 0 fully saturated rings. The van der Waals surface area contributed by atoms with Crippen LogP contribution in [0.4, 0.5) is 0 Å². The van der Waals surface area contributed by atoms with Crippen LogP contribution in [0.1, 0.15) is 11.3 Å². The van der Waals surface area contributed by atoms with Gasteiger partial charge in [0, 0.05) is 29.2 Å². The van der Waals surface area contributed by atoms with Gasteiger partial charge in [0.15, 0.2) is 0 Å². The van der Waals surface area contributed by atoms with Crippen LogP contribution in [-0.2, 0) is 7.05 Å². The average Bonchev–Trinajstić information content (AvgIpc) is 2.45. The lowest BCUT2D eigenvalue weighted by atomic mass is 10.1. The number of benzene rings is 1. The smallest absolute Gasteiger partial charge is 0.0486 e. The van der Waals surface area contributed by atoms with E-state index >= 15 is 0 Å². The van der Waals surface area contributed by atoms with E-state index in [9.17, 15) is 0 Å². The largest absolute Gasteiger partial charge is 0.347 e. The molecule has 0 saturated heterocycles. The van der Waals surface area contributed by atoms with Crippen molar-refractivity contribution in [2.45, 2.75) is 6.92 Å². The number of aryl methyl sites for hydroxylation is 1. The van der Waals surface area contributed by atoms with Gasteiger partial charge in [-0.1, -0.05) is 40.8 Å². The molecule has 0 aliphatic heterocycles. The lowest BCUT2D eigenvalue weighted by molar-refractivity contribution is 0.916. The Kier molecular flexibility index (Phi) is 2.63. The summed E-state index contributed by atoms with van der Waals surface area (Å²) < 4.78 is 4.30. The molecule has 0 saturated carbocycles. The second kappa shape index (κ2) is 3.77. The molecule has 0 spiro atoms. The van der Waals surface area contributed by atoms with E-state index in [0.717, 1.165) is 0 Å². The van der Waals surface area contributed by atoms with Crippen LogP contribution in [-0.4, -0.2) is 4.57 Å². The minimum absolute atomic E-state index is 1.30. The van der Waals surface area contributed by atoms with Gasteiger partial charge in [-0.25, -0.2) is 0 Å². The van der Waals surface area contributed by atoms with Gasteiger partial charge in [0.1, 0.15) is 0 Å². The van der Waals surface area contributed by atoms with Gasteiger partial charge >= 0.3 is 0 Å². The molecule has 0 radical (unpaired) electrons. The van der Waals surface area contributed by atoms with Gasteiger partial charge in [-0.15, -0.1) is 0 Å². The van der Waals surface area contributed by atoms with E-state index in [1.165, 1.54) is 22.2 Å². The molecule has 1 aromatic carbocycles. The minimum Gasteiger partial charge on any atom is -0.347 e. The fourth-order valence-corrected chi connectivity index (χ4v) is 2.18. The van der Waals surface area contributed by atoms with Crippen molar-refractivity contribution in [1.29, 1.82) is 0 Å². The van der Waals surface area contributed by atoms with Crippen LogP contribution in [0.15, 0.2) is 28.3 Å². The summed E-state index contributed by atoms with van der Waals surface area (Å²) in [6, 6.07) is 8.51. The van der Waals surface area contributed by atoms with Crippen molar-refractivity contribution in [1.82, 2.24) is 4.57 Å². The molecule has 0 aliphatic rings. The zero-order chi connectivity index (χ0) is 10.1. The second-order valence-electron chi connectivity index (χ2n) is 3.37. The summed E-state index contributed by atoms with van der Waals surface area (Å²) in [4.78, 5) is 0. The van der Waals surface area contributed by atoms with Crippen LogP contribution in [0.25, 0.3) is 17.0 Å². The molecule has 1 heterocycles. The van der Waals surface area contributed by atoms with Crippen molar-refractivity contribution in [3.05, 3.63) is 39.6 Å². The third-order valence-electron chi connectivity index (χ3n) is 2.68. The fourth-order valence-electron chi connectivity index (χ4n) is 1.82. The van der Waals surface area contributed by atoms with Crippen LogP contribution >= 0.6 is 22.6 Å². The molecule has 2 aromatic rings. The summed E-state index contributed by atoms with van der Waals surface area (Å²) in [5.74, 6) is 0. The average molecular weight is 297 g/mol. The minimum atomic E-state index is 1.30. The summed E-state index contributed by atoms with van der Waals surface area (Å²) in [5, 5.41) is 1.33. The third-order valence-corrected chi connectivity index (χ3v) is 3.04. The molecule has 1 nitrogen and oxygen atoms in total. The van der Waals surface area contributed by atoms with Crippen LogP contribution in [0.2, 0.25) is 0 Å².